The van der Waals surface area contributed by atoms with Gasteiger partial charge in [-0.1, -0.05) is 55.7 Å². The Kier molecular flexibility index (Phi) is 9.90. The molecule has 2 rings (SSSR count). The smallest absolute Gasteiger partial charge is 0.279 e. The summed E-state index contributed by atoms with van der Waals surface area (Å²) in [7, 11) is 0. The summed E-state index contributed by atoms with van der Waals surface area (Å²) in [6, 6.07) is 16.7. The highest BCUT2D eigenvalue weighted by molar-refractivity contribution is 6.07. The first-order valence-corrected chi connectivity index (χ1v) is 10.3. The van der Waals surface area contributed by atoms with Crippen molar-refractivity contribution in [3.8, 4) is 0 Å². The molecule has 31 heavy (non-hydrogen) atoms. The molecule has 0 aliphatic rings. The average molecular weight is 425 g/mol. The number of imide groups is 1. The van der Waals surface area contributed by atoms with Gasteiger partial charge >= 0.3 is 0 Å². The van der Waals surface area contributed by atoms with E-state index in [9.17, 15) is 19.2 Å². The first kappa shape index (κ1) is 23.8. The fraction of sp³-hybridized carbons (Fsp3) is 0.304. The van der Waals surface area contributed by atoms with Crippen LogP contribution in [0.1, 0.15) is 65.7 Å². The molecule has 4 amide bonds. The van der Waals surface area contributed by atoms with Gasteiger partial charge in [0.05, 0.1) is 0 Å². The zero-order chi connectivity index (χ0) is 22.5. The highest BCUT2D eigenvalue weighted by Crippen LogP contribution is 2.11. The number of nitrogens with two attached hydrogens (primary N) is 1. The molecule has 0 saturated heterocycles. The number of nitrogens with zero attached hydrogens (tertiary/aromatic N) is 1. The van der Waals surface area contributed by atoms with Crippen LogP contribution in [0.2, 0.25) is 0 Å². The van der Waals surface area contributed by atoms with Crippen molar-refractivity contribution in [1.29, 1.82) is 0 Å². The molecule has 0 aliphatic carbocycles. The highest BCUT2D eigenvalue weighted by atomic mass is 16.2. The van der Waals surface area contributed by atoms with Gasteiger partial charge in [0.25, 0.3) is 11.8 Å². The molecule has 0 atom stereocenters. The normalized spacial score (nSPS) is 10.2. The number of hydrogen-bond acceptors (Lipinski definition) is 5. The molecular formula is C23H28N4O4. The Labute approximate surface area is 181 Å². The molecule has 164 valence electrons. The second kappa shape index (κ2) is 12.9. The van der Waals surface area contributed by atoms with Crippen LogP contribution in [0.15, 0.2) is 60.7 Å². The topological polar surface area (TPSA) is 122 Å². The number of benzene rings is 2. The van der Waals surface area contributed by atoms with Crippen molar-refractivity contribution in [2.24, 2.45) is 5.84 Å². The molecule has 2 aromatic carbocycles. The van der Waals surface area contributed by atoms with Crippen molar-refractivity contribution in [3.63, 3.8) is 0 Å². The fourth-order valence-electron chi connectivity index (χ4n) is 2.97. The quantitative estimate of drug-likeness (QED) is 0.234. The minimum atomic E-state index is -0.581. The van der Waals surface area contributed by atoms with Gasteiger partial charge < -0.3 is 0 Å². The number of carbonyl (C=O) groups is 4. The van der Waals surface area contributed by atoms with Crippen molar-refractivity contribution in [1.82, 2.24) is 15.9 Å². The van der Waals surface area contributed by atoms with Crippen LogP contribution in [0.5, 0.6) is 0 Å². The number of hydrazine groups is 2. The lowest BCUT2D eigenvalue weighted by Gasteiger charge is -2.21. The van der Waals surface area contributed by atoms with Gasteiger partial charge in [-0.3, -0.25) is 30.0 Å². The first-order valence-electron chi connectivity index (χ1n) is 10.3. The molecule has 0 heterocycles. The van der Waals surface area contributed by atoms with Crippen LogP contribution in [-0.2, 0) is 9.59 Å². The molecule has 0 spiro atoms. The number of unbranched alkanes of at least 4 members (excludes halogenated alkanes) is 4. The highest BCUT2D eigenvalue weighted by Gasteiger charge is 2.25. The SMILES string of the molecule is NNC(=O)CCCCCCCC(=O)N(NC(=O)c1ccccc1)C(=O)c1ccccc1. The maximum atomic E-state index is 12.9. The molecule has 4 N–H and O–H groups in total. The number of hydrogen-bond donors (Lipinski definition) is 3. The maximum absolute atomic E-state index is 12.9. The van der Waals surface area contributed by atoms with Crippen molar-refractivity contribution in [3.05, 3.63) is 71.8 Å². The fourth-order valence-corrected chi connectivity index (χ4v) is 2.97. The summed E-state index contributed by atoms with van der Waals surface area (Å²) < 4.78 is 0. The van der Waals surface area contributed by atoms with E-state index in [2.05, 4.69) is 10.9 Å². The van der Waals surface area contributed by atoms with Gasteiger partial charge in [0, 0.05) is 24.0 Å². The van der Waals surface area contributed by atoms with Gasteiger partial charge in [0.2, 0.25) is 11.8 Å². The number of amides is 4. The lowest BCUT2D eigenvalue weighted by Crippen LogP contribution is -2.49. The Bertz CT molecular complexity index is 872. The zero-order valence-electron chi connectivity index (χ0n) is 17.4. The molecule has 0 saturated carbocycles. The van der Waals surface area contributed by atoms with E-state index in [-0.39, 0.29) is 12.3 Å². The van der Waals surface area contributed by atoms with Crippen molar-refractivity contribution < 1.29 is 19.2 Å². The summed E-state index contributed by atoms with van der Waals surface area (Å²) in [6.45, 7) is 0. The molecule has 0 fully saturated rings. The van der Waals surface area contributed by atoms with Crippen LogP contribution < -0.4 is 16.7 Å². The van der Waals surface area contributed by atoms with E-state index in [0.29, 0.717) is 24.0 Å². The first-order chi connectivity index (χ1) is 15.0. The van der Waals surface area contributed by atoms with Crippen molar-refractivity contribution >= 4 is 23.6 Å². The Morgan fingerprint density at radius 3 is 1.81 bits per heavy atom. The summed E-state index contributed by atoms with van der Waals surface area (Å²) >= 11 is 0. The van der Waals surface area contributed by atoms with Crippen LogP contribution >= 0.6 is 0 Å². The van der Waals surface area contributed by atoms with Crippen LogP contribution in [-0.4, -0.2) is 28.6 Å². The lowest BCUT2D eigenvalue weighted by atomic mass is 10.1. The average Bonchev–Trinajstić information content (AvgIpc) is 2.82. The summed E-state index contributed by atoms with van der Waals surface area (Å²) in [5.41, 5.74) is 5.20. The van der Waals surface area contributed by atoms with Gasteiger partial charge in [-0.2, -0.15) is 5.01 Å². The summed E-state index contributed by atoms with van der Waals surface area (Å²) in [6.07, 6.45) is 4.27. The van der Waals surface area contributed by atoms with Crippen LogP contribution in [0.4, 0.5) is 0 Å². The molecular weight excluding hydrogens is 396 g/mol. The third-order valence-electron chi connectivity index (χ3n) is 4.68. The van der Waals surface area contributed by atoms with Gasteiger partial charge in [0.15, 0.2) is 0 Å². The van der Waals surface area contributed by atoms with E-state index in [1.165, 1.54) is 0 Å². The van der Waals surface area contributed by atoms with E-state index >= 15 is 0 Å². The van der Waals surface area contributed by atoms with E-state index < -0.39 is 17.7 Å². The van der Waals surface area contributed by atoms with E-state index in [0.717, 1.165) is 30.7 Å². The number of nitrogens with one attached hydrogen (secondary N) is 2. The molecule has 0 aliphatic heterocycles. The minimum Gasteiger partial charge on any atom is -0.294 e. The second-order valence-corrected chi connectivity index (χ2v) is 7.04. The third-order valence-corrected chi connectivity index (χ3v) is 4.68. The zero-order valence-corrected chi connectivity index (χ0v) is 17.4. The molecule has 8 nitrogen and oxygen atoms in total. The van der Waals surface area contributed by atoms with Gasteiger partial charge in [-0.25, -0.2) is 5.84 Å². The standard InChI is InChI=1S/C23H28N4O4/c24-25-20(28)16-10-2-1-3-11-17-21(29)27(23(31)19-14-8-5-9-15-19)26-22(30)18-12-6-4-7-13-18/h4-9,12-15H,1-3,10-11,16-17,24H2,(H,25,28)(H,26,30). The van der Waals surface area contributed by atoms with Crippen LogP contribution in [0.3, 0.4) is 0 Å². The van der Waals surface area contributed by atoms with Crippen LogP contribution in [0, 0.1) is 0 Å². The van der Waals surface area contributed by atoms with Crippen molar-refractivity contribution in [2.45, 2.75) is 44.9 Å². The Balaban J connectivity index is 1.93. The van der Waals surface area contributed by atoms with E-state index in [1.807, 2.05) is 0 Å². The number of rotatable bonds is 10. The predicted octanol–water partition coefficient (Wildman–Crippen LogP) is 2.72. The largest absolute Gasteiger partial charge is 0.294 e. The molecule has 0 unspecified atom stereocenters. The Morgan fingerprint density at radius 2 is 1.23 bits per heavy atom. The number of carbonyl (C=O) groups excluding carboxylic acids is 4. The van der Waals surface area contributed by atoms with Crippen molar-refractivity contribution in [2.75, 3.05) is 0 Å². The minimum absolute atomic E-state index is 0.122. The lowest BCUT2D eigenvalue weighted by molar-refractivity contribution is -0.130. The summed E-state index contributed by atoms with van der Waals surface area (Å²) in [4.78, 5) is 49.2. The molecule has 0 bridgehead atoms. The Hall–Kier alpha value is -3.52. The summed E-state index contributed by atoms with van der Waals surface area (Å²) in [5.74, 6) is 3.26. The third kappa shape index (κ3) is 8.02. The van der Waals surface area contributed by atoms with E-state index in [1.54, 1.807) is 60.7 Å². The monoisotopic (exact) mass is 424 g/mol. The molecule has 0 aromatic heterocycles. The van der Waals surface area contributed by atoms with Gasteiger partial charge in [0.1, 0.15) is 0 Å². The maximum Gasteiger partial charge on any atom is 0.279 e. The molecule has 0 radical (unpaired) electrons. The van der Waals surface area contributed by atoms with Gasteiger partial charge in [-0.15, -0.1) is 0 Å². The summed E-state index contributed by atoms with van der Waals surface area (Å²) in [5, 5.41) is 0.802. The van der Waals surface area contributed by atoms with Crippen LogP contribution in [0.25, 0.3) is 0 Å². The molecule has 8 heteroatoms. The predicted molar refractivity (Wildman–Crippen MR) is 116 cm³/mol. The Morgan fingerprint density at radius 1 is 0.710 bits per heavy atom. The van der Waals surface area contributed by atoms with E-state index in [4.69, 9.17) is 5.84 Å². The second-order valence-electron chi connectivity index (χ2n) is 7.04. The van der Waals surface area contributed by atoms with Gasteiger partial charge in [-0.05, 0) is 37.1 Å². The molecule has 2 aromatic rings.